The van der Waals surface area contributed by atoms with Gasteiger partial charge in [0.1, 0.15) is 17.8 Å². The molecule has 0 saturated heterocycles. The molecular weight excluding hydrogens is 556 g/mol. The lowest BCUT2D eigenvalue weighted by Gasteiger charge is -2.43. The molecule has 44 heavy (non-hydrogen) atoms. The van der Waals surface area contributed by atoms with Crippen molar-refractivity contribution < 1.29 is 29.7 Å². The van der Waals surface area contributed by atoms with E-state index in [4.69, 9.17) is 0 Å². The van der Waals surface area contributed by atoms with Crippen LogP contribution in [0.3, 0.4) is 0 Å². The standard InChI is InChI=1S/C30H41NO6.C2H7N.2C2H6/c1-5-6-7-8-10-22-11-9-12-26(34)29(19(2)33)23(22)13-20-14-24-25(31(3)4)15-21(18-32)17-28(36)30(24,37)27(35)16-20;1-3-2;2*1-2/h11-12,15-16,18,20,24-25,34-35,37H,5-10,13-14,17H2,1-4H3;3H,1-2H3;2*1-2H3/t20?,24?,25-,30+;;;/m1.../s1. The number of fused-ring (bicyclic) bond motifs is 1. The summed E-state index contributed by atoms with van der Waals surface area (Å²) >= 11 is 0. The predicted octanol–water partition coefficient (Wildman–Crippen LogP) is 6.73. The van der Waals surface area contributed by atoms with Gasteiger partial charge >= 0.3 is 0 Å². The Hall–Kier alpha value is -2.81. The number of unbranched alkanes of at least 4 members (excludes halogenated alkanes) is 3. The molecular formula is C36H60N2O6. The van der Waals surface area contributed by atoms with Crippen molar-refractivity contribution in [1.82, 2.24) is 10.2 Å². The van der Waals surface area contributed by atoms with Gasteiger partial charge in [-0.05, 0) is 102 Å². The van der Waals surface area contributed by atoms with Crippen LogP contribution in [0.25, 0.3) is 0 Å². The molecule has 4 N–H and O–H groups in total. The number of nitrogens with zero attached hydrogens (tertiary/aromatic N) is 1. The van der Waals surface area contributed by atoms with E-state index in [9.17, 15) is 29.7 Å². The van der Waals surface area contributed by atoms with Gasteiger partial charge in [0, 0.05) is 18.4 Å². The number of aliphatic hydroxyl groups is 3. The number of Topliss-reactive ketones (excluding diaryl/α,β-unsaturated/α-hetero) is 2. The summed E-state index contributed by atoms with van der Waals surface area (Å²) in [5.74, 6) is -2.23. The monoisotopic (exact) mass is 616 g/mol. The molecule has 8 heteroatoms. The van der Waals surface area contributed by atoms with Crippen molar-refractivity contribution in [2.24, 2.45) is 11.8 Å². The van der Waals surface area contributed by atoms with Gasteiger partial charge in [-0.1, -0.05) is 66.0 Å². The third kappa shape index (κ3) is 10.7. The van der Waals surface area contributed by atoms with Gasteiger partial charge in [0.25, 0.3) is 0 Å². The van der Waals surface area contributed by atoms with Gasteiger partial charge in [0.05, 0.1) is 5.57 Å². The Morgan fingerprint density at radius 3 is 2.20 bits per heavy atom. The molecule has 4 atom stereocenters. The largest absolute Gasteiger partial charge is 0.509 e. The minimum Gasteiger partial charge on any atom is -0.509 e. The van der Waals surface area contributed by atoms with Gasteiger partial charge in [-0.15, -0.1) is 0 Å². The van der Waals surface area contributed by atoms with Gasteiger partial charge < -0.3 is 25.5 Å². The van der Waals surface area contributed by atoms with Gasteiger partial charge in [-0.25, -0.2) is 0 Å². The molecule has 3 aliphatic carbocycles. The van der Waals surface area contributed by atoms with Crippen LogP contribution in [0.15, 0.2) is 58.1 Å². The summed E-state index contributed by atoms with van der Waals surface area (Å²) in [6.07, 6.45) is 13.7. The zero-order valence-electron chi connectivity index (χ0n) is 29.0. The summed E-state index contributed by atoms with van der Waals surface area (Å²) in [7, 11) is 7.37. The molecule has 0 fully saturated rings. The molecule has 0 heterocycles. The van der Waals surface area contributed by atoms with Gasteiger partial charge in [0.2, 0.25) is 0 Å². The van der Waals surface area contributed by atoms with E-state index < -0.39 is 29.1 Å². The molecule has 0 radical (unpaired) electrons. The van der Waals surface area contributed by atoms with Gasteiger partial charge in [-0.3, -0.25) is 14.4 Å². The number of rotatable bonds is 10. The van der Waals surface area contributed by atoms with E-state index in [2.05, 4.69) is 18.3 Å². The molecule has 2 unspecified atom stereocenters. The van der Waals surface area contributed by atoms with E-state index >= 15 is 0 Å². The number of aldehydes is 1. The zero-order valence-corrected chi connectivity index (χ0v) is 29.0. The number of carbonyl (C=O) groups is 3. The highest BCUT2D eigenvalue weighted by Gasteiger charge is 2.54. The van der Waals surface area contributed by atoms with E-state index in [1.54, 1.807) is 12.2 Å². The number of allylic oxidation sites excluding steroid dienone is 7. The first-order chi connectivity index (χ1) is 21.0. The van der Waals surface area contributed by atoms with Crippen molar-refractivity contribution >= 4 is 17.9 Å². The van der Waals surface area contributed by atoms with E-state index in [-0.39, 0.29) is 29.5 Å². The predicted molar refractivity (Wildman–Crippen MR) is 181 cm³/mol. The Labute approximate surface area is 266 Å². The minimum atomic E-state index is -2.09. The minimum absolute atomic E-state index is 0.0304. The summed E-state index contributed by atoms with van der Waals surface area (Å²) in [4.78, 5) is 39.2. The molecule has 0 aromatic rings. The number of hydrogen-bond donors (Lipinski definition) is 4. The molecule has 0 aromatic heterocycles. The number of nitrogens with one attached hydrogen (secondary N) is 1. The number of hydrogen-bond acceptors (Lipinski definition) is 8. The molecule has 3 rings (SSSR count). The van der Waals surface area contributed by atoms with Gasteiger partial charge in [-0.2, -0.15) is 0 Å². The van der Waals surface area contributed by atoms with Crippen molar-refractivity contribution in [3.05, 3.63) is 58.1 Å². The highest BCUT2D eigenvalue weighted by atomic mass is 16.3. The second-order valence-electron chi connectivity index (χ2n) is 11.3. The van der Waals surface area contributed by atoms with E-state index in [0.717, 1.165) is 43.3 Å². The van der Waals surface area contributed by atoms with Crippen molar-refractivity contribution in [2.45, 2.75) is 111 Å². The third-order valence-corrected chi connectivity index (χ3v) is 7.95. The average Bonchev–Trinajstić information content (AvgIpc) is 3.22. The maximum absolute atomic E-state index is 13.1. The molecule has 0 amide bonds. The van der Waals surface area contributed by atoms with E-state index in [1.807, 2.05) is 60.8 Å². The van der Waals surface area contributed by atoms with Crippen LogP contribution in [0.4, 0.5) is 0 Å². The van der Waals surface area contributed by atoms with Crippen LogP contribution >= 0.6 is 0 Å². The van der Waals surface area contributed by atoms with Gasteiger partial charge in [0.15, 0.2) is 17.2 Å². The maximum Gasteiger partial charge on any atom is 0.184 e. The Balaban J connectivity index is 0.00000244. The topological polar surface area (TPSA) is 127 Å². The molecule has 0 saturated carbocycles. The van der Waals surface area contributed by atoms with Crippen LogP contribution in [0.1, 0.15) is 99.3 Å². The second kappa shape index (κ2) is 21.0. The average molecular weight is 617 g/mol. The first kappa shape index (κ1) is 41.2. The molecule has 250 valence electrons. The molecule has 0 spiro atoms. The summed E-state index contributed by atoms with van der Waals surface area (Å²) in [6, 6.07) is -0.456. The first-order valence-electron chi connectivity index (χ1n) is 16.4. The molecule has 0 aromatic carbocycles. The fourth-order valence-corrected chi connectivity index (χ4v) is 6.02. The molecule has 0 aliphatic heterocycles. The van der Waals surface area contributed by atoms with Crippen molar-refractivity contribution in [3.63, 3.8) is 0 Å². The fourth-order valence-electron chi connectivity index (χ4n) is 6.02. The second-order valence-corrected chi connectivity index (χ2v) is 11.3. The van der Waals surface area contributed by atoms with Crippen molar-refractivity contribution in [1.29, 1.82) is 0 Å². The van der Waals surface area contributed by atoms with E-state index in [0.29, 0.717) is 31.1 Å². The molecule has 0 bridgehead atoms. The summed E-state index contributed by atoms with van der Waals surface area (Å²) in [6.45, 7) is 11.6. The van der Waals surface area contributed by atoms with E-state index in [1.165, 1.54) is 13.0 Å². The Morgan fingerprint density at radius 2 is 1.68 bits per heavy atom. The van der Waals surface area contributed by atoms with Crippen LogP contribution in [0.5, 0.6) is 0 Å². The smallest absolute Gasteiger partial charge is 0.184 e. The normalized spacial score (nSPS) is 24.6. The number of aliphatic hydroxyl groups excluding tert-OH is 2. The van der Waals surface area contributed by atoms with Crippen LogP contribution in [-0.2, 0) is 14.4 Å². The number of ketones is 2. The highest BCUT2D eigenvalue weighted by Crippen LogP contribution is 2.46. The Kier molecular flexibility index (Phi) is 19.7. The fraction of sp³-hybridized carbons (Fsp3) is 0.639. The van der Waals surface area contributed by atoms with Crippen molar-refractivity contribution in [2.75, 3.05) is 28.2 Å². The summed E-state index contributed by atoms with van der Waals surface area (Å²) in [5, 5.41) is 36.1. The Morgan fingerprint density at radius 1 is 1.07 bits per heavy atom. The molecule has 3 aliphatic rings. The first-order valence-corrected chi connectivity index (χ1v) is 16.4. The van der Waals surface area contributed by atoms with Crippen molar-refractivity contribution in [3.8, 4) is 0 Å². The highest BCUT2D eigenvalue weighted by molar-refractivity contribution is 5.99. The lowest BCUT2D eigenvalue weighted by molar-refractivity contribution is -0.145. The van der Waals surface area contributed by atoms with Crippen LogP contribution in [0.2, 0.25) is 0 Å². The quantitative estimate of drug-likeness (QED) is 0.157. The summed E-state index contributed by atoms with van der Waals surface area (Å²) in [5.41, 5.74) is 0.292. The molecule has 8 nitrogen and oxygen atoms in total. The summed E-state index contributed by atoms with van der Waals surface area (Å²) < 4.78 is 0. The SMILES string of the molecule is CC.CC.CCCCCCC1=CCC=C(O)C(C(C)=O)=C1CC1C=C(O)[C@]2(O)C(=O)CC(C=O)=C[C@@H](N(C)C)C2C1.CNC. The number of likely N-dealkylation sites (N-methyl/N-ethyl adjacent to an activating group) is 1. The zero-order chi connectivity index (χ0) is 34.0. The van der Waals surface area contributed by atoms with Crippen LogP contribution in [0, 0.1) is 11.8 Å². The lowest BCUT2D eigenvalue weighted by atomic mass is 9.67. The third-order valence-electron chi connectivity index (χ3n) is 7.95. The lowest BCUT2D eigenvalue weighted by Crippen LogP contribution is -2.56. The number of carbonyl (C=O) groups excluding carboxylic acids is 3. The maximum atomic E-state index is 13.1. The van der Waals surface area contributed by atoms with Crippen LogP contribution in [-0.4, -0.2) is 77.9 Å². The van der Waals surface area contributed by atoms with Crippen LogP contribution < -0.4 is 5.32 Å². The Bertz CT molecular complexity index is 1100.